The Morgan fingerprint density at radius 2 is 1.84 bits per heavy atom. The first-order valence-corrected chi connectivity index (χ1v) is 11.3. The lowest BCUT2D eigenvalue weighted by Crippen LogP contribution is -2.32. The number of carboxylic acid groups (broad SMARTS) is 1. The first-order chi connectivity index (χ1) is 15.4. The van der Waals surface area contributed by atoms with Crippen molar-refractivity contribution in [2.75, 3.05) is 6.61 Å². The number of Topliss-reactive ketones (excluding diaryl/α,β-unsaturated/α-hetero) is 1. The predicted octanol–water partition coefficient (Wildman–Crippen LogP) is 5.43. The second-order valence-electron chi connectivity index (χ2n) is 8.90. The van der Waals surface area contributed by atoms with Gasteiger partial charge >= 0.3 is 5.97 Å². The number of aryl methyl sites for hydroxylation is 1. The fourth-order valence-corrected chi connectivity index (χ4v) is 5.21. The number of aromatic nitrogens is 2. The third-order valence-corrected chi connectivity index (χ3v) is 6.73. The van der Waals surface area contributed by atoms with Gasteiger partial charge in [-0.25, -0.2) is 4.98 Å². The Bertz CT molecular complexity index is 1110. The number of rotatable bonds is 8. The van der Waals surface area contributed by atoms with Gasteiger partial charge in [-0.15, -0.1) is 0 Å². The van der Waals surface area contributed by atoms with Gasteiger partial charge in [-0.1, -0.05) is 30.3 Å². The molecule has 0 spiro atoms. The van der Waals surface area contributed by atoms with Gasteiger partial charge in [-0.05, 0) is 68.6 Å². The van der Waals surface area contributed by atoms with Gasteiger partial charge in [-0.2, -0.15) is 0 Å². The zero-order valence-corrected chi connectivity index (χ0v) is 18.7. The summed E-state index contributed by atoms with van der Waals surface area (Å²) in [6.07, 6.45) is 5.29. The van der Waals surface area contributed by atoms with Gasteiger partial charge in [0, 0.05) is 12.6 Å². The SMILES string of the molecule is CCOc1cccn2c(C(=O)CC3(CC(=O)O)CCC(c4ccccc4)CC3)c(C)nc12. The van der Waals surface area contributed by atoms with Crippen molar-refractivity contribution in [2.45, 2.75) is 58.3 Å². The van der Waals surface area contributed by atoms with Crippen LogP contribution in [0.25, 0.3) is 5.65 Å². The van der Waals surface area contributed by atoms with Crippen molar-refractivity contribution in [2.24, 2.45) is 5.41 Å². The highest BCUT2D eigenvalue weighted by molar-refractivity contribution is 5.97. The molecular formula is C26H30N2O4. The highest BCUT2D eigenvalue weighted by Gasteiger charge is 2.40. The van der Waals surface area contributed by atoms with Gasteiger partial charge < -0.3 is 9.84 Å². The number of aliphatic carboxylic acids is 1. The molecule has 6 heteroatoms. The average Bonchev–Trinajstić information content (AvgIpc) is 3.11. The van der Waals surface area contributed by atoms with E-state index in [1.807, 2.05) is 50.4 Å². The summed E-state index contributed by atoms with van der Waals surface area (Å²) in [5.74, 6) is 0.160. The number of ketones is 1. The third-order valence-electron chi connectivity index (χ3n) is 6.73. The van der Waals surface area contributed by atoms with Crippen molar-refractivity contribution in [1.29, 1.82) is 0 Å². The molecule has 2 heterocycles. The molecule has 1 aliphatic carbocycles. The fourth-order valence-electron chi connectivity index (χ4n) is 5.21. The van der Waals surface area contributed by atoms with Crippen molar-refractivity contribution in [3.05, 3.63) is 65.6 Å². The van der Waals surface area contributed by atoms with Crippen molar-refractivity contribution in [3.63, 3.8) is 0 Å². The molecule has 32 heavy (non-hydrogen) atoms. The highest BCUT2D eigenvalue weighted by Crippen LogP contribution is 2.48. The molecule has 1 N–H and O–H groups in total. The summed E-state index contributed by atoms with van der Waals surface area (Å²) in [6, 6.07) is 14.1. The van der Waals surface area contributed by atoms with Crippen LogP contribution in [0.15, 0.2) is 48.7 Å². The molecule has 1 aliphatic rings. The molecule has 0 unspecified atom stereocenters. The fraction of sp³-hybridized carbons (Fsp3) is 0.423. The molecule has 0 amide bonds. The second-order valence-corrected chi connectivity index (χ2v) is 8.90. The van der Waals surface area contributed by atoms with Crippen LogP contribution < -0.4 is 4.74 Å². The monoisotopic (exact) mass is 434 g/mol. The number of nitrogens with zero attached hydrogens (tertiary/aromatic N) is 2. The van der Waals surface area contributed by atoms with E-state index in [4.69, 9.17) is 4.74 Å². The van der Waals surface area contributed by atoms with E-state index in [0.717, 1.165) is 25.7 Å². The maximum absolute atomic E-state index is 13.5. The van der Waals surface area contributed by atoms with Crippen LogP contribution in [0.3, 0.4) is 0 Å². The zero-order valence-electron chi connectivity index (χ0n) is 18.7. The Labute approximate surface area is 188 Å². The van der Waals surface area contributed by atoms with Gasteiger partial charge in [0.15, 0.2) is 17.2 Å². The Kier molecular flexibility index (Phi) is 6.31. The number of carbonyl (C=O) groups excluding carboxylic acids is 1. The smallest absolute Gasteiger partial charge is 0.303 e. The van der Waals surface area contributed by atoms with Gasteiger partial charge in [0.05, 0.1) is 18.7 Å². The molecule has 0 aliphatic heterocycles. The summed E-state index contributed by atoms with van der Waals surface area (Å²) in [6.45, 7) is 4.25. The molecule has 1 aromatic carbocycles. The van der Waals surface area contributed by atoms with Crippen molar-refractivity contribution < 1.29 is 19.4 Å². The molecule has 1 fully saturated rings. The first-order valence-electron chi connectivity index (χ1n) is 11.3. The van der Waals surface area contributed by atoms with E-state index >= 15 is 0 Å². The number of fused-ring (bicyclic) bond motifs is 1. The average molecular weight is 435 g/mol. The number of hydrogen-bond donors (Lipinski definition) is 1. The first kappa shape index (κ1) is 22.1. The number of carbonyl (C=O) groups is 2. The van der Waals surface area contributed by atoms with Gasteiger partial charge in [0.25, 0.3) is 0 Å². The Morgan fingerprint density at radius 3 is 2.50 bits per heavy atom. The molecule has 0 saturated heterocycles. The van der Waals surface area contributed by atoms with Crippen LogP contribution in [-0.4, -0.2) is 32.9 Å². The quantitative estimate of drug-likeness (QED) is 0.478. The Balaban J connectivity index is 1.59. The second kappa shape index (κ2) is 9.15. The minimum Gasteiger partial charge on any atom is -0.490 e. The van der Waals surface area contributed by atoms with Crippen molar-refractivity contribution in [1.82, 2.24) is 9.38 Å². The lowest BCUT2D eigenvalue weighted by Gasteiger charge is -2.39. The van der Waals surface area contributed by atoms with Crippen LogP contribution >= 0.6 is 0 Å². The number of imidazole rings is 1. The van der Waals surface area contributed by atoms with Crippen LogP contribution in [0.2, 0.25) is 0 Å². The topological polar surface area (TPSA) is 80.9 Å². The minimum atomic E-state index is -0.843. The molecule has 0 bridgehead atoms. The van der Waals surface area contributed by atoms with Gasteiger partial charge in [0.1, 0.15) is 5.69 Å². The molecule has 2 aromatic heterocycles. The zero-order chi connectivity index (χ0) is 22.7. The molecular weight excluding hydrogens is 404 g/mol. The van der Waals surface area contributed by atoms with E-state index in [9.17, 15) is 14.7 Å². The lowest BCUT2D eigenvalue weighted by atomic mass is 9.65. The van der Waals surface area contributed by atoms with Gasteiger partial charge in [0.2, 0.25) is 0 Å². The molecule has 4 rings (SSSR count). The summed E-state index contributed by atoms with van der Waals surface area (Å²) in [7, 11) is 0. The molecule has 1 saturated carbocycles. The van der Waals surface area contributed by atoms with Crippen LogP contribution in [0, 0.1) is 12.3 Å². The van der Waals surface area contributed by atoms with E-state index in [2.05, 4.69) is 17.1 Å². The predicted molar refractivity (Wildman–Crippen MR) is 122 cm³/mol. The molecule has 6 nitrogen and oxygen atoms in total. The van der Waals surface area contributed by atoms with E-state index in [1.165, 1.54) is 5.56 Å². The van der Waals surface area contributed by atoms with Gasteiger partial charge in [-0.3, -0.25) is 14.0 Å². The number of ether oxygens (including phenoxy) is 1. The van der Waals surface area contributed by atoms with Crippen LogP contribution in [-0.2, 0) is 4.79 Å². The normalized spacial score (nSPS) is 20.9. The van der Waals surface area contributed by atoms with Crippen molar-refractivity contribution >= 4 is 17.4 Å². The Morgan fingerprint density at radius 1 is 1.12 bits per heavy atom. The molecule has 3 aromatic rings. The summed E-state index contributed by atoms with van der Waals surface area (Å²) in [4.78, 5) is 29.8. The highest BCUT2D eigenvalue weighted by atomic mass is 16.5. The lowest BCUT2D eigenvalue weighted by molar-refractivity contribution is -0.140. The minimum absolute atomic E-state index is 0.0141. The van der Waals surface area contributed by atoms with Crippen LogP contribution in [0.4, 0.5) is 0 Å². The van der Waals surface area contributed by atoms with Crippen LogP contribution in [0.5, 0.6) is 5.75 Å². The van der Waals surface area contributed by atoms with E-state index in [0.29, 0.717) is 35.3 Å². The van der Waals surface area contributed by atoms with E-state index in [1.54, 1.807) is 4.40 Å². The van der Waals surface area contributed by atoms with E-state index in [-0.39, 0.29) is 18.6 Å². The molecule has 0 atom stereocenters. The number of carboxylic acids is 1. The maximum atomic E-state index is 13.5. The standard InChI is InChI=1S/C26H30N2O4/c1-3-32-22-10-7-15-28-24(18(2)27-25(22)28)21(29)16-26(17-23(30)31)13-11-20(12-14-26)19-8-5-4-6-9-19/h4-10,15,20H,3,11-14,16-17H2,1-2H3,(H,30,31). The number of hydrogen-bond acceptors (Lipinski definition) is 4. The summed E-state index contributed by atoms with van der Waals surface area (Å²) >= 11 is 0. The Hall–Kier alpha value is -3.15. The third kappa shape index (κ3) is 4.40. The largest absolute Gasteiger partial charge is 0.490 e. The maximum Gasteiger partial charge on any atom is 0.303 e. The molecule has 168 valence electrons. The van der Waals surface area contributed by atoms with Crippen LogP contribution in [0.1, 0.15) is 73.1 Å². The van der Waals surface area contributed by atoms with E-state index < -0.39 is 11.4 Å². The summed E-state index contributed by atoms with van der Waals surface area (Å²) in [5.41, 5.74) is 2.56. The molecule has 0 radical (unpaired) electrons. The number of benzene rings is 1. The summed E-state index contributed by atoms with van der Waals surface area (Å²) < 4.78 is 7.46. The van der Waals surface area contributed by atoms with Crippen molar-refractivity contribution in [3.8, 4) is 5.75 Å². The summed E-state index contributed by atoms with van der Waals surface area (Å²) in [5, 5.41) is 9.63. The number of pyridine rings is 1.